The average Bonchev–Trinajstić information content (AvgIpc) is 3.34. The van der Waals surface area contributed by atoms with Crippen molar-refractivity contribution >= 4 is 0 Å². The SMILES string of the molecule is Cc1cccc([C@H]2CCN(Cc3cncn3Cc3ccc(C#N)cc3)C[C@@H]2OCc2ccccc2)c1. The molecule has 0 bridgehead atoms. The van der Waals surface area contributed by atoms with Gasteiger partial charge in [0.05, 0.1) is 36.4 Å². The Morgan fingerprint density at radius 3 is 2.58 bits per heavy atom. The maximum atomic E-state index is 9.06. The molecule has 0 spiro atoms. The van der Waals surface area contributed by atoms with E-state index in [2.05, 4.69) is 76.0 Å². The predicted molar refractivity (Wildman–Crippen MR) is 141 cm³/mol. The summed E-state index contributed by atoms with van der Waals surface area (Å²) in [7, 11) is 0. The molecule has 0 aliphatic carbocycles. The summed E-state index contributed by atoms with van der Waals surface area (Å²) in [5.41, 5.74) is 6.91. The van der Waals surface area contributed by atoms with E-state index in [1.165, 1.54) is 22.4 Å². The van der Waals surface area contributed by atoms with Crippen molar-refractivity contribution in [1.29, 1.82) is 5.26 Å². The maximum Gasteiger partial charge on any atom is 0.0991 e. The smallest absolute Gasteiger partial charge is 0.0991 e. The van der Waals surface area contributed by atoms with Crippen LogP contribution in [0.15, 0.2) is 91.4 Å². The van der Waals surface area contributed by atoms with Gasteiger partial charge in [-0.05, 0) is 48.7 Å². The van der Waals surface area contributed by atoms with Crippen LogP contribution in [0.5, 0.6) is 0 Å². The van der Waals surface area contributed by atoms with E-state index >= 15 is 0 Å². The maximum absolute atomic E-state index is 9.06. The molecule has 0 N–H and O–H groups in total. The number of hydrogen-bond donors (Lipinski definition) is 0. The first-order chi connectivity index (χ1) is 17.7. The van der Waals surface area contributed by atoms with E-state index in [1.807, 2.05) is 42.9 Å². The third-order valence-electron chi connectivity index (χ3n) is 7.04. The molecule has 0 saturated carbocycles. The monoisotopic (exact) mass is 476 g/mol. The fourth-order valence-corrected chi connectivity index (χ4v) is 5.09. The van der Waals surface area contributed by atoms with Gasteiger partial charge in [0, 0.05) is 31.7 Å². The van der Waals surface area contributed by atoms with Crippen molar-refractivity contribution in [1.82, 2.24) is 14.5 Å². The summed E-state index contributed by atoms with van der Waals surface area (Å²) in [5, 5.41) is 9.06. The second kappa shape index (κ2) is 11.3. The Kier molecular flexibility index (Phi) is 7.56. The third kappa shape index (κ3) is 5.91. The van der Waals surface area contributed by atoms with Gasteiger partial charge < -0.3 is 9.30 Å². The molecule has 0 amide bonds. The predicted octanol–water partition coefficient (Wildman–Crippen LogP) is 5.69. The summed E-state index contributed by atoms with van der Waals surface area (Å²) >= 11 is 0. The lowest BCUT2D eigenvalue weighted by atomic mass is 9.86. The molecule has 3 aromatic carbocycles. The van der Waals surface area contributed by atoms with Crippen LogP contribution >= 0.6 is 0 Å². The lowest BCUT2D eigenvalue weighted by Gasteiger charge is -2.39. The first-order valence-corrected chi connectivity index (χ1v) is 12.6. The number of benzene rings is 3. The van der Waals surface area contributed by atoms with E-state index < -0.39 is 0 Å². The largest absolute Gasteiger partial charge is 0.372 e. The molecule has 2 atom stereocenters. The van der Waals surface area contributed by atoms with Gasteiger partial charge in [0.2, 0.25) is 0 Å². The molecule has 5 nitrogen and oxygen atoms in total. The fourth-order valence-electron chi connectivity index (χ4n) is 5.09. The van der Waals surface area contributed by atoms with Crippen molar-refractivity contribution in [3.05, 3.63) is 125 Å². The Morgan fingerprint density at radius 1 is 0.972 bits per heavy atom. The topological polar surface area (TPSA) is 54.1 Å². The minimum Gasteiger partial charge on any atom is -0.372 e. The fraction of sp³-hybridized carbons (Fsp3) is 0.290. The Balaban J connectivity index is 1.29. The summed E-state index contributed by atoms with van der Waals surface area (Å²) < 4.78 is 8.78. The van der Waals surface area contributed by atoms with Crippen LogP contribution in [0.2, 0.25) is 0 Å². The standard InChI is InChI=1S/C31H32N4O/c1-24-6-5-9-28(16-24)30-14-15-34(21-31(30)36-22-27-7-3-2-4-8-27)20-29-18-33-23-35(29)19-26-12-10-25(17-32)11-13-26/h2-13,16,18,23,30-31H,14-15,19-22H2,1H3/t30-,31+/m1/s1. The Morgan fingerprint density at radius 2 is 1.81 bits per heavy atom. The molecule has 0 unspecified atom stereocenters. The molecule has 36 heavy (non-hydrogen) atoms. The average molecular weight is 477 g/mol. The molecule has 5 heteroatoms. The van der Waals surface area contributed by atoms with Gasteiger partial charge in [-0.15, -0.1) is 0 Å². The molecular formula is C31H32N4O. The van der Waals surface area contributed by atoms with Crippen molar-refractivity contribution in [2.45, 2.75) is 45.1 Å². The van der Waals surface area contributed by atoms with Crippen LogP contribution in [0.1, 0.15) is 45.8 Å². The molecule has 1 aromatic heterocycles. The summed E-state index contributed by atoms with van der Waals surface area (Å²) in [6.07, 6.45) is 5.05. The molecule has 0 radical (unpaired) electrons. The van der Waals surface area contributed by atoms with Crippen LogP contribution in [0.25, 0.3) is 0 Å². The minimum absolute atomic E-state index is 0.121. The zero-order valence-corrected chi connectivity index (χ0v) is 20.8. The first kappa shape index (κ1) is 24.0. The highest BCUT2D eigenvalue weighted by atomic mass is 16.5. The van der Waals surface area contributed by atoms with Crippen molar-refractivity contribution < 1.29 is 4.74 Å². The quantitative estimate of drug-likeness (QED) is 0.328. The van der Waals surface area contributed by atoms with Crippen LogP contribution in [-0.4, -0.2) is 33.6 Å². The van der Waals surface area contributed by atoms with Gasteiger partial charge >= 0.3 is 0 Å². The summed E-state index contributed by atoms with van der Waals surface area (Å²) in [5.74, 6) is 0.383. The molecule has 1 fully saturated rings. The van der Waals surface area contributed by atoms with Gasteiger partial charge in [0.15, 0.2) is 0 Å². The highest BCUT2D eigenvalue weighted by molar-refractivity contribution is 5.32. The number of ether oxygens (including phenoxy) is 1. The zero-order valence-electron chi connectivity index (χ0n) is 20.8. The Hall–Kier alpha value is -3.72. The minimum atomic E-state index is 0.121. The van der Waals surface area contributed by atoms with E-state index in [1.54, 1.807) is 0 Å². The number of rotatable bonds is 8. The van der Waals surface area contributed by atoms with Crippen LogP contribution in [0.3, 0.4) is 0 Å². The van der Waals surface area contributed by atoms with E-state index in [4.69, 9.17) is 10.00 Å². The number of aryl methyl sites for hydroxylation is 1. The number of nitrogens with zero attached hydrogens (tertiary/aromatic N) is 4. The molecule has 182 valence electrons. The summed E-state index contributed by atoms with van der Waals surface area (Å²) in [6, 6.07) is 29.3. The number of imidazole rings is 1. The van der Waals surface area contributed by atoms with E-state index in [0.717, 1.165) is 38.2 Å². The van der Waals surface area contributed by atoms with Crippen LogP contribution in [-0.2, 0) is 24.4 Å². The number of nitriles is 1. The van der Waals surface area contributed by atoms with Gasteiger partial charge in [0.1, 0.15) is 0 Å². The van der Waals surface area contributed by atoms with Crippen LogP contribution < -0.4 is 0 Å². The van der Waals surface area contributed by atoms with E-state index in [-0.39, 0.29) is 6.10 Å². The molecule has 5 rings (SSSR count). The second-order valence-electron chi connectivity index (χ2n) is 9.70. The molecule has 1 saturated heterocycles. The van der Waals surface area contributed by atoms with Gasteiger partial charge in [-0.2, -0.15) is 5.26 Å². The Labute approximate surface area is 213 Å². The summed E-state index contributed by atoms with van der Waals surface area (Å²) in [4.78, 5) is 6.93. The number of piperidine rings is 1. The first-order valence-electron chi connectivity index (χ1n) is 12.6. The molecule has 2 heterocycles. The third-order valence-corrected chi connectivity index (χ3v) is 7.04. The highest BCUT2D eigenvalue weighted by Crippen LogP contribution is 2.32. The van der Waals surface area contributed by atoms with E-state index in [0.29, 0.717) is 18.1 Å². The van der Waals surface area contributed by atoms with Crippen molar-refractivity contribution in [2.75, 3.05) is 13.1 Å². The molecule has 4 aromatic rings. The van der Waals surface area contributed by atoms with E-state index in [9.17, 15) is 0 Å². The number of hydrogen-bond acceptors (Lipinski definition) is 4. The molecular weight excluding hydrogens is 444 g/mol. The lowest BCUT2D eigenvalue weighted by Crippen LogP contribution is -2.44. The zero-order chi connectivity index (χ0) is 24.7. The number of aromatic nitrogens is 2. The summed E-state index contributed by atoms with van der Waals surface area (Å²) in [6.45, 7) is 6.27. The molecule has 1 aliphatic heterocycles. The number of likely N-dealkylation sites (tertiary alicyclic amines) is 1. The van der Waals surface area contributed by atoms with Gasteiger partial charge in [-0.1, -0.05) is 72.3 Å². The van der Waals surface area contributed by atoms with Gasteiger partial charge in [-0.3, -0.25) is 4.90 Å². The van der Waals surface area contributed by atoms with Crippen LogP contribution in [0.4, 0.5) is 0 Å². The van der Waals surface area contributed by atoms with Crippen LogP contribution in [0, 0.1) is 18.3 Å². The highest BCUT2D eigenvalue weighted by Gasteiger charge is 2.31. The normalized spacial score (nSPS) is 18.1. The molecule has 1 aliphatic rings. The van der Waals surface area contributed by atoms with Crippen molar-refractivity contribution in [2.24, 2.45) is 0 Å². The second-order valence-corrected chi connectivity index (χ2v) is 9.70. The lowest BCUT2D eigenvalue weighted by molar-refractivity contribution is -0.0268. The van der Waals surface area contributed by atoms with Gasteiger partial charge in [-0.25, -0.2) is 4.98 Å². The van der Waals surface area contributed by atoms with Gasteiger partial charge in [0.25, 0.3) is 0 Å². The Bertz CT molecular complexity index is 1310. The van der Waals surface area contributed by atoms with Crippen molar-refractivity contribution in [3.8, 4) is 6.07 Å². The van der Waals surface area contributed by atoms with Crippen molar-refractivity contribution in [3.63, 3.8) is 0 Å².